The molecule has 30 heavy (non-hydrogen) atoms. The van der Waals surface area contributed by atoms with Crippen molar-refractivity contribution >= 4 is 33.6 Å². The first-order valence-corrected chi connectivity index (χ1v) is 9.94. The smallest absolute Gasteiger partial charge is 0.203 e. The van der Waals surface area contributed by atoms with Crippen LogP contribution >= 0.6 is 11.3 Å². The minimum atomic E-state index is 0.536. The largest absolute Gasteiger partial charge is 0.493 e. The number of fused-ring (bicyclic) bond motifs is 1. The van der Waals surface area contributed by atoms with Crippen LogP contribution < -0.4 is 19.6 Å². The first-order valence-electron chi connectivity index (χ1n) is 9.12. The maximum Gasteiger partial charge on any atom is 0.203 e. The second kappa shape index (κ2) is 8.79. The lowest BCUT2D eigenvalue weighted by Crippen LogP contribution is -1.98. The van der Waals surface area contributed by atoms with E-state index in [1.54, 1.807) is 38.9 Å². The highest BCUT2D eigenvalue weighted by Crippen LogP contribution is 2.38. The monoisotopic (exact) mass is 420 g/mol. The molecule has 0 saturated carbocycles. The third-order valence-electron chi connectivity index (χ3n) is 4.46. The van der Waals surface area contributed by atoms with Gasteiger partial charge in [-0.2, -0.15) is 5.10 Å². The number of methoxy groups -OCH3 is 3. The van der Waals surface area contributed by atoms with Gasteiger partial charge in [0, 0.05) is 10.4 Å². The molecule has 152 valence electrons. The first-order chi connectivity index (χ1) is 14.7. The maximum absolute atomic E-state index is 5.38. The molecule has 1 N–H and O–H groups in total. The molecule has 0 aliphatic heterocycles. The van der Waals surface area contributed by atoms with Crippen LogP contribution in [0.2, 0.25) is 0 Å². The van der Waals surface area contributed by atoms with E-state index in [4.69, 9.17) is 14.2 Å². The Morgan fingerprint density at radius 3 is 2.33 bits per heavy atom. The summed E-state index contributed by atoms with van der Waals surface area (Å²) in [5.74, 6) is 2.30. The lowest BCUT2D eigenvalue weighted by atomic mass is 10.2. The average Bonchev–Trinajstić information content (AvgIpc) is 3.24. The van der Waals surface area contributed by atoms with Gasteiger partial charge in [0.15, 0.2) is 17.3 Å². The molecule has 2 aromatic carbocycles. The number of hydrazone groups is 1. The first kappa shape index (κ1) is 19.7. The molecule has 0 fully saturated rings. The summed E-state index contributed by atoms with van der Waals surface area (Å²) >= 11 is 1.62. The van der Waals surface area contributed by atoms with Crippen molar-refractivity contribution in [2.24, 2.45) is 5.10 Å². The molecule has 0 amide bonds. The molecule has 0 spiro atoms. The molecule has 0 unspecified atom stereocenters. The molecule has 0 bridgehead atoms. The second-order valence-electron chi connectivity index (χ2n) is 6.25. The van der Waals surface area contributed by atoms with Crippen LogP contribution in [0, 0.1) is 0 Å². The molecule has 0 aliphatic rings. The zero-order chi connectivity index (χ0) is 20.9. The SMILES string of the molecule is COc1cc(C=NNc2ncnc3sc(-c4ccccc4)cc23)cc(OC)c1OC. The van der Waals surface area contributed by atoms with Crippen molar-refractivity contribution in [2.75, 3.05) is 26.8 Å². The van der Waals surface area contributed by atoms with E-state index in [1.807, 2.05) is 30.3 Å². The van der Waals surface area contributed by atoms with Gasteiger partial charge in [-0.25, -0.2) is 9.97 Å². The maximum atomic E-state index is 5.38. The van der Waals surface area contributed by atoms with Gasteiger partial charge < -0.3 is 14.2 Å². The molecule has 0 aliphatic carbocycles. The van der Waals surface area contributed by atoms with E-state index in [9.17, 15) is 0 Å². The number of benzene rings is 2. The Morgan fingerprint density at radius 2 is 1.67 bits per heavy atom. The normalized spacial score (nSPS) is 11.0. The van der Waals surface area contributed by atoms with Crippen LogP contribution in [0.1, 0.15) is 5.56 Å². The Labute approximate surface area is 178 Å². The fraction of sp³-hybridized carbons (Fsp3) is 0.136. The summed E-state index contributed by atoms with van der Waals surface area (Å²) < 4.78 is 16.1. The number of thiophene rings is 1. The van der Waals surface area contributed by atoms with Gasteiger partial charge in [-0.3, -0.25) is 5.43 Å². The van der Waals surface area contributed by atoms with Crippen molar-refractivity contribution in [3.63, 3.8) is 0 Å². The Kier molecular flexibility index (Phi) is 5.76. The van der Waals surface area contributed by atoms with Gasteiger partial charge in [0.2, 0.25) is 5.75 Å². The standard InChI is InChI=1S/C22H20N4O3S/c1-27-17-9-14(10-18(28-2)20(17)29-3)12-25-26-21-16-11-19(15-7-5-4-6-8-15)30-22(16)24-13-23-21/h4-13H,1-3H3,(H,23,24,26). The quantitative estimate of drug-likeness (QED) is 0.341. The van der Waals surface area contributed by atoms with E-state index in [2.05, 4.69) is 38.7 Å². The van der Waals surface area contributed by atoms with Crippen molar-refractivity contribution in [3.8, 4) is 27.7 Å². The van der Waals surface area contributed by atoms with Crippen molar-refractivity contribution < 1.29 is 14.2 Å². The molecule has 2 aromatic heterocycles. The number of nitrogens with zero attached hydrogens (tertiary/aromatic N) is 3. The number of aromatic nitrogens is 2. The summed E-state index contributed by atoms with van der Waals surface area (Å²) in [6.07, 6.45) is 3.20. The number of hydrogen-bond acceptors (Lipinski definition) is 8. The van der Waals surface area contributed by atoms with Crippen LogP contribution in [-0.4, -0.2) is 37.5 Å². The van der Waals surface area contributed by atoms with E-state index < -0.39 is 0 Å². The zero-order valence-corrected chi connectivity index (χ0v) is 17.6. The lowest BCUT2D eigenvalue weighted by molar-refractivity contribution is 0.324. The number of hydrogen-bond donors (Lipinski definition) is 1. The Bertz CT molecular complexity index is 1170. The van der Waals surface area contributed by atoms with Crippen LogP contribution in [-0.2, 0) is 0 Å². The Hall–Kier alpha value is -3.65. The van der Waals surface area contributed by atoms with Crippen molar-refractivity contribution in [1.29, 1.82) is 0 Å². The summed E-state index contributed by atoms with van der Waals surface area (Å²) in [6, 6.07) is 15.9. The average molecular weight is 420 g/mol. The highest BCUT2D eigenvalue weighted by Gasteiger charge is 2.13. The lowest BCUT2D eigenvalue weighted by Gasteiger charge is -2.12. The minimum Gasteiger partial charge on any atom is -0.493 e. The van der Waals surface area contributed by atoms with E-state index in [1.165, 1.54) is 6.33 Å². The second-order valence-corrected chi connectivity index (χ2v) is 7.28. The van der Waals surface area contributed by atoms with E-state index in [-0.39, 0.29) is 0 Å². The van der Waals surface area contributed by atoms with E-state index >= 15 is 0 Å². The van der Waals surface area contributed by atoms with Crippen molar-refractivity contribution in [2.45, 2.75) is 0 Å². The van der Waals surface area contributed by atoms with Gasteiger partial charge >= 0.3 is 0 Å². The molecule has 4 aromatic rings. The topological polar surface area (TPSA) is 77.9 Å². The van der Waals surface area contributed by atoms with E-state index in [0.29, 0.717) is 23.1 Å². The molecule has 0 saturated heterocycles. The molecular weight excluding hydrogens is 400 g/mol. The highest BCUT2D eigenvalue weighted by molar-refractivity contribution is 7.21. The summed E-state index contributed by atoms with van der Waals surface area (Å²) in [4.78, 5) is 10.8. The third-order valence-corrected chi connectivity index (χ3v) is 5.55. The fourth-order valence-corrected chi connectivity index (χ4v) is 4.04. The number of ether oxygens (including phenoxy) is 3. The molecule has 0 atom stereocenters. The van der Waals surface area contributed by atoms with Crippen molar-refractivity contribution in [3.05, 3.63) is 60.4 Å². The molecule has 8 heteroatoms. The molecule has 2 heterocycles. The predicted molar refractivity (Wildman–Crippen MR) is 120 cm³/mol. The van der Waals surface area contributed by atoms with Gasteiger partial charge in [0.05, 0.1) is 32.9 Å². The summed E-state index contributed by atoms with van der Waals surface area (Å²) in [5.41, 5.74) is 4.95. The highest BCUT2D eigenvalue weighted by atomic mass is 32.1. The zero-order valence-electron chi connectivity index (χ0n) is 16.7. The summed E-state index contributed by atoms with van der Waals surface area (Å²) in [5, 5.41) is 5.26. The summed E-state index contributed by atoms with van der Waals surface area (Å²) in [6.45, 7) is 0. The Morgan fingerprint density at radius 1 is 0.933 bits per heavy atom. The number of nitrogens with one attached hydrogen (secondary N) is 1. The van der Waals surface area contributed by atoms with Crippen LogP contribution in [0.15, 0.2) is 60.0 Å². The number of rotatable bonds is 7. The molecular formula is C22H20N4O3S. The van der Waals surface area contributed by atoms with Gasteiger partial charge in [-0.1, -0.05) is 30.3 Å². The Balaban J connectivity index is 1.61. The third kappa shape index (κ3) is 3.90. The van der Waals surface area contributed by atoms with E-state index in [0.717, 1.165) is 26.2 Å². The van der Waals surface area contributed by atoms with Gasteiger partial charge in [-0.15, -0.1) is 11.3 Å². The minimum absolute atomic E-state index is 0.536. The molecule has 0 radical (unpaired) electrons. The van der Waals surface area contributed by atoms with Gasteiger partial charge in [0.25, 0.3) is 0 Å². The summed E-state index contributed by atoms with van der Waals surface area (Å²) in [7, 11) is 4.73. The molecule has 7 nitrogen and oxygen atoms in total. The van der Waals surface area contributed by atoms with Gasteiger partial charge in [0.1, 0.15) is 11.2 Å². The number of anilines is 1. The predicted octanol–water partition coefficient (Wildman–Crippen LogP) is 4.83. The van der Waals surface area contributed by atoms with Crippen LogP contribution in [0.4, 0.5) is 5.82 Å². The van der Waals surface area contributed by atoms with Crippen LogP contribution in [0.3, 0.4) is 0 Å². The van der Waals surface area contributed by atoms with Crippen LogP contribution in [0.5, 0.6) is 17.2 Å². The fourth-order valence-electron chi connectivity index (χ4n) is 3.03. The van der Waals surface area contributed by atoms with Crippen LogP contribution in [0.25, 0.3) is 20.7 Å². The molecule has 4 rings (SSSR count). The van der Waals surface area contributed by atoms with Crippen molar-refractivity contribution in [1.82, 2.24) is 9.97 Å². The van der Waals surface area contributed by atoms with Gasteiger partial charge in [-0.05, 0) is 23.8 Å².